The predicted molar refractivity (Wildman–Crippen MR) is 135 cm³/mol. The van der Waals surface area contributed by atoms with Crippen LogP contribution in [-0.2, 0) is 13.6 Å². The Morgan fingerprint density at radius 2 is 1.79 bits per heavy atom. The second-order valence-electron chi connectivity index (χ2n) is 8.92. The Morgan fingerprint density at radius 1 is 1.12 bits per heavy atom. The number of rotatable bonds is 7. The number of aromatic nitrogens is 4. The van der Waals surface area contributed by atoms with Crippen LogP contribution in [0, 0.1) is 13.8 Å². The highest BCUT2D eigenvalue weighted by Crippen LogP contribution is 2.34. The summed E-state index contributed by atoms with van der Waals surface area (Å²) in [7, 11) is 1.37. The number of nitrogen functional groups attached to an aromatic ring is 1. The fraction of sp³-hybridized carbons (Fsp3) is 0.440. The van der Waals surface area contributed by atoms with Crippen LogP contribution in [0.15, 0.2) is 45.1 Å². The van der Waals surface area contributed by atoms with E-state index in [-0.39, 0.29) is 23.7 Å². The van der Waals surface area contributed by atoms with Crippen LogP contribution in [0.4, 0.5) is 5.82 Å². The molecule has 1 saturated carbocycles. The molecular formula is C25H31N5O3S. The van der Waals surface area contributed by atoms with Crippen molar-refractivity contribution in [1.82, 2.24) is 18.7 Å². The van der Waals surface area contributed by atoms with Crippen LogP contribution in [0.1, 0.15) is 65.5 Å². The zero-order chi connectivity index (χ0) is 24.4. The van der Waals surface area contributed by atoms with Crippen LogP contribution in [0.2, 0.25) is 0 Å². The van der Waals surface area contributed by atoms with Crippen molar-refractivity contribution in [1.29, 1.82) is 0 Å². The number of imidazole rings is 1. The maximum absolute atomic E-state index is 13.2. The lowest BCUT2D eigenvalue weighted by molar-refractivity contribution is 0.102. The normalized spacial score (nSPS) is 14.4. The molecule has 1 fully saturated rings. The molecule has 34 heavy (non-hydrogen) atoms. The van der Waals surface area contributed by atoms with Crippen molar-refractivity contribution in [3.05, 3.63) is 73.7 Å². The lowest BCUT2D eigenvalue weighted by Gasteiger charge is -2.26. The Kier molecular flexibility index (Phi) is 7.11. The third-order valence-corrected chi connectivity index (χ3v) is 7.62. The summed E-state index contributed by atoms with van der Waals surface area (Å²) in [5.41, 5.74) is 7.81. The number of thioether (sulfide) groups is 1. The van der Waals surface area contributed by atoms with Gasteiger partial charge in [-0.3, -0.25) is 18.7 Å². The predicted octanol–water partition coefficient (Wildman–Crippen LogP) is 3.47. The summed E-state index contributed by atoms with van der Waals surface area (Å²) in [6.45, 7) is 4.22. The lowest BCUT2D eigenvalue weighted by Crippen LogP contribution is -2.43. The molecule has 0 saturated heterocycles. The molecule has 4 rings (SSSR count). The van der Waals surface area contributed by atoms with Gasteiger partial charge in [0.05, 0.1) is 18.0 Å². The highest BCUT2D eigenvalue weighted by molar-refractivity contribution is 7.99. The SMILES string of the molecule is Cc1nc(SCC(=O)c2c(N)n(Cc3ccccc3)c(=O)n(C)c2=O)n(C2CCCCC2)c1C. The first kappa shape index (κ1) is 24.1. The Balaban J connectivity index is 1.63. The number of nitrogens with zero attached hydrogens (tertiary/aromatic N) is 4. The Hall–Kier alpha value is -3.07. The summed E-state index contributed by atoms with van der Waals surface area (Å²) in [6, 6.07) is 9.72. The van der Waals surface area contributed by atoms with E-state index in [0.29, 0.717) is 6.04 Å². The highest BCUT2D eigenvalue weighted by atomic mass is 32.2. The van der Waals surface area contributed by atoms with Crippen molar-refractivity contribution >= 4 is 23.4 Å². The van der Waals surface area contributed by atoms with Gasteiger partial charge in [-0.1, -0.05) is 61.4 Å². The maximum Gasteiger partial charge on any atom is 0.332 e. The lowest BCUT2D eigenvalue weighted by atomic mass is 9.95. The number of ketones is 1. The summed E-state index contributed by atoms with van der Waals surface area (Å²) >= 11 is 1.33. The molecule has 1 aliphatic carbocycles. The quantitative estimate of drug-likeness (QED) is 0.409. The molecule has 0 amide bonds. The number of Topliss-reactive ketones (excluding diaryl/α,β-unsaturated/α-hetero) is 1. The number of hydrogen-bond donors (Lipinski definition) is 1. The van der Waals surface area contributed by atoms with Gasteiger partial charge in [-0.25, -0.2) is 9.78 Å². The Bertz CT molecular complexity index is 1320. The third-order valence-electron chi connectivity index (χ3n) is 6.67. The molecule has 2 N–H and O–H groups in total. The third kappa shape index (κ3) is 4.61. The summed E-state index contributed by atoms with van der Waals surface area (Å²) in [5.74, 6) is -0.477. The molecule has 2 aromatic heterocycles. The van der Waals surface area contributed by atoms with E-state index in [2.05, 4.69) is 11.5 Å². The zero-order valence-electron chi connectivity index (χ0n) is 19.9. The molecule has 1 aromatic carbocycles. The van der Waals surface area contributed by atoms with E-state index in [0.717, 1.165) is 39.5 Å². The van der Waals surface area contributed by atoms with Gasteiger partial charge in [-0.15, -0.1) is 0 Å². The largest absolute Gasteiger partial charge is 0.384 e. The van der Waals surface area contributed by atoms with Crippen molar-refractivity contribution in [3.8, 4) is 0 Å². The fourth-order valence-electron chi connectivity index (χ4n) is 4.63. The molecule has 1 aliphatic rings. The van der Waals surface area contributed by atoms with Crippen LogP contribution in [-0.4, -0.2) is 30.2 Å². The minimum Gasteiger partial charge on any atom is -0.384 e. The van der Waals surface area contributed by atoms with Gasteiger partial charge in [0.2, 0.25) is 0 Å². The molecular weight excluding hydrogens is 450 g/mol. The second kappa shape index (κ2) is 10.0. The molecule has 0 bridgehead atoms. The molecule has 0 aliphatic heterocycles. The molecule has 0 unspecified atom stereocenters. The molecule has 0 atom stereocenters. The molecule has 180 valence electrons. The van der Waals surface area contributed by atoms with Crippen molar-refractivity contribution in [2.45, 2.75) is 63.7 Å². The summed E-state index contributed by atoms with van der Waals surface area (Å²) in [6.07, 6.45) is 5.86. The van der Waals surface area contributed by atoms with Crippen molar-refractivity contribution in [3.63, 3.8) is 0 Å². The first-order valence-corrected chi connectivity index (χ1v) is 12.6. The average molecular weight is 482 g/mol. The number of carbonyl (C=O) groups excluding carboxylic acids is 1. The van der Waals surface area contributed by atoms with Crippen LogP contribution in [0.25, 0.3) is 0 Å². The van der Waals surface area contributed by atoms with Gasteiger partial charge in [0.25, 0.3) is 5.56 Å². The number of hydrogen-bond acceptors (Lipinski definition) is 6. The zero-order valence-corrected chi connectivity index (χ0v) is 20.7. The monoisotopic (exact) mass is 481 g/mol. The van der Waals surface area contributed by atoms with Crippen LogP contribution in [0.5, 0.6) is 0 Å². The van der Waals surface area contributed by atoms with Crippen LogP contribution >= 0.6 is 11.8 Å². The Labute approximate surface area is 202 Å². The molecule has 9 heteroatoms. The van der Waals surface area contributed by atoms with Crippen molar-refractivity contribution in [2.75, 3.05) is 11.5 Å². The fourth-order valence-corrected chi connectivity index (χ4v) is 5.66. The highest BCUT2D eigenvalue weighted by Gasteiger charge is 2.25. The van der Waals surface area contributed by atoms with Gasteiger partial charge >= 0.3 is 5.69 Å². The van der Waals surface area contributed by atoms with E-state index in [1.54, 1.807) is 0 Å². The number of benzene rings is 1. The molecule has 8 nitrogen and oxygen atoms in total. The Morgan fingerprint density at radius 3 is 2.47 bits per heavy atom. The average Bonchev–Trinajstić information content (AvgIpc) is 3.13. The maximum atomic E-state index is 13.2. The van der Waals surface area contributed by atoms with E-state index in [9.17, 15) is 14.4 Å². The van der Waals surface area contributed by atoms with E-state index < -0.39 is 17.0 Å². The van der Waals surface area contributed by atoms with Gasteiger partial charge in [0, 0.05) is 18.8 Å². The van der Waals surface area contributed by atoms with E-state index in [1.165, 1.54) is 42.6 Å². The molecule has 3 aromatic rings. The van der Waals surface area contributed by atoms with Crippen LogP contribution < -0.4 is 17.0 Å². The van der Waals surface area contributed by atoms with E-state index >= 15 is 0 Å². The van der Waals surface area contributed by atoms with Gasteiger partial charge in [0.15, 0.2) is 10.9 Å². The van der Waals surface area contributed by atoms with Gasteiger partial charge in [0.1, 0.15) is 11.4 Å². The molecule has 0 spiro atoms. The second-order valence-corrected chi connectivity index (χ2v) is 9.86. The number of nitrogens with two attached hydrogens (primary N) is 1. The van der Waals surface area contributed by atoms with E-state index in [1.807, 2.05) is 37.3 Å². The van der Waals surface area contributed by atoms with Crippen LogP contribution in [0.3, 0.4) is 0 Å². The number of anilines is 1. The number of carbonyl (C=O) groups is 1. The topological polar surface area (TPSA) is 105 Å². The minimum atomic E-state index is -0.666. The standard InChI is InChI=1S/C25H31N5O3S/c1-16-17(2)30(19-12-8-5-9-13-19)24(27-16)34-15-20(31)21-22(26)29(25(33)28(3)23(21)32)14-18-10-6-4-7-11-18/h4,6-7,10-11,19H,5,8-9,12-15,26H2,1-3H3. The first-order chi connectivity index (χ1) is 16.3. The summed E-state index contributed by atoms with van der Waals surface area (Å²) in [5, 5.41) is 0.795. The van der Waals surface area contributed by atoms with Gasteiger partial charge in [-0.05, 0) is 32.3 Å². The summed E-state index contributed by atoms with van der Waals surface area (Å²) < 4.78 is 4.49. The van der Waals surface area contributed by atoms with Crippen molar-refractivity contribution in [2.24, 2.45) is 7.05 Å². The summed E-state index contributed by atoms with van der Waals surface area (Å²) in [4.78, 5) is 43.5. The molecule has 2 heterocycles. The van der Waals surface area contributed by atoms with Crippen molar-refractivity contribution < 1.29 is 4.79 Å². The number of aryl methyl sites for hydroxylation is 1. The minimum absolute atomic E-state index is 0.0194. The van der Waals surface area contributed by atoms with Gasteiger partial charge in [-0.2, -0.15) is 0 Å². The smallest absolute Gasteiger partial charge is 0.332 e. The van der Waals surface area contributed by atoms with E-state index in [4.69, 9.17) is 10.7 Å². The first-order valence-electron chi connectivity index (χ1n) is 11.6. The van der Waals surface area contributed by atoms with Gasteiger partial charge < -0.3 is 10.3 Å². The molecule has 0 radical (unpaired) electrons.